The molecule has 0 aromatic rings. The van der Waals surface area contributed by atoms with E-state index in [0.717, 1.165) is 25.0 Å². The van der Waals surface area contributed by atoms with Crippen LogP contribution in [0.1, 0.15) is 26.7 Å². The van der Waals surface area contributed by atoms with Crippen molar-refractivity contribution in [1.82, 2.24) is 0 Å². The molecule has 1 rings (SSSR count). The molecule has 0 unspecified atom stereocenters. The van der Waals surface area contributed by atoms with E-state index < -0.39 is 0 Å². The number of hydrogen-bond acceptors (Lipinski definition) is 1. The molecule has 0 aliphatic carbocycles. The molecule has 0 aromatic heterocycles. The number of alkyl halides is 1. The Morgan fingerprint density at radius 1 is 1.36 bits per heavy atom. The lowest BCUT2D eigenvalue weighted by Crippen LogP contribution is -2.31. The van der Waals surface area contributed by atoms with Crippen LogP contribution >= 0.6 is 11.6 Å². The quantitative estimate of drug-likeness (QED) is 0.588. The highest BCUT2D eigenvalue weighted by atomic mass is 35.5. The Balaban J connectivity index is 2.43. The second kappa shape index (κ2) is 3.77. The van der Waals surface area contributed by atoms with Crippen LogP contribution in [0, 0.1) is 11.3 Å². The Labute approximate surface area is 74.1 Å². The number of rotatable bonds is 2. The molecule has 0 radical (unpaired) electrons. The van der Waals surface area contributed by atoms with E-state index in [0.29, 0.717) is 5.41 Å². The first-order valence-corrected chi connectivity index (χ1v) is 4.84. The van der Waals surface area contributed by atoms with Crippen molar-refractivity contribution in [3.05, 3.63) is 0 Å². The van der Waals surface area contributed by atoms with Crippen molar-refractivity contribution in [3.63, 3.8) is 0 Å². The molecule has 0 spiro atoms. The van der Waals surface area contributed by atoms with Crippen LogP contribution in [0.3, 0.4) is 0 Å². The summed E-state index contributed by atoms with van der Waals surface area (Å²) in [6.45, 7) is 6.34. The van der Waals surface area contributed by atoms with Gasteiger partial charge in [0.05, 0.1) is 0 Å². The van der Waals surface area contributed by atoms with Gasteiger partial charge in [-0.1, -0.05) is 13.8 Å². The average molecular weight is 177 g/mol. The summed E-state index contributed by atoms with van der Waals surface area (Å²) in [6, 6.07) is 0. The molecule has 1 heterocycles. The molecule has 2 heteroatoms. The molecule has 0 N–H and O–H groups in total. The van der Waals surface area contributed by atoms with Gasteiger partial charge in [-0.3, -0.25) is 0 Å². The van der Waals surface area contributed by atoms with Crippen molar-refractivity contribution in [2.45, 2.75) is 26.7 Å². The van der Waals surface area contributed by atoms with Crippen LogP contribution in [0.5, 0.6) is 0 Å². The zero-order valence-corrected chi connectivity index (χ0v) is 8.16. The van der Waals surface area contributed by atoms with Crippen LogP contribution < -0.4 is 0 Å². The third-order valence-electron chi connectivity index (χ3n) is 2.67. The molecule has 0 atom stereocenters. The van der Waals surface area contributed by atoms with E-state index in [-0.39, 0.29) is 0 Å². The predicted molar refractivity (Wildman–Crippen MR) is 48.0 cm³/mol. The first-order chi connectivity index (χ1) is 5.17. The van der Waals surface area contributed by atoms with Gasteiger partial charge in [0.1, 0.15) is 0 Å². The maximum Gasteiger partial charge on any atom is 0.0468 e. The number of halogens is 1. The standard InChI is InChI=1S/C9H17ClO/c1-9(2,7-10)8-3-5-11-6-4-8/h8H,3-7H2,1-2H3. The van der Waals surface area contributed by atoms with E-state index >= 15 is 0 Å². The smallest absolute Gasteiger partial charge is 0.0468 e. The maximum atomic E-state index is 5.89. The molecule has 0 bridgehead atoms. The summed E-state index contributed by atoms with van der Waals surface area (Å²) in [5.74, 6) is 1.52. The van der Waals surface area contributed by atoms with Crippen molar-refractivity contribution in [3.8, 4) is 0 Å². The third kappa shape index (κ3) is 2.34. The van der Waals surface area contributed by atoms with E-state index in [1.165, 1.54) is 12.8 Å². The summed E-state index contributed by atoms with van der Waals surface area (Å²) < 4.78 is 5.30. The average Bonchev–Trinajstić information content (AvgIpc) is 2.06. The Hall–Kier alpha value is 0.250. The van der Waals surface area contributed by atoms with Gasteiger partial charge in [-0.25, -0.2) is 0 Å². The summed E-state index contributed by atoms with van der Waals surface area (Å²) in [5.41, 5.74) is 0.297. The zero-order chi connectivity index (χ0) is 8.32. The minimum Gasteiger partial charge on any atom is -0.381 e. The largest absolute Gasteiger partial charge is 0.381 e. The molecule has 0 saturated carbocycles. The van der Waals surface area contributed by atoms with Gasteiger partial charge >= 0.3 is 0 Å². The van der Waals surface area contributed by atoms with Crippen molar-refractivity contribution < 1.29 is 4.74 Å². The molecule has 66 valence electrons. The van der Waals surface area contributed by atoms with E-state index in [1.54, 1.807) is 0 Å². The molecule has 11 heavy (non-hydrogen) atoms. The molecule has 1 aliphatic rings. The SMILES string of the molecule is CC(C)(CCl)C1CCOCC1. The molecule has 0 amide bonds. The fraction of sp³-hybridized carbons (Fsp3) is 1.00. The van der Waals surface area contributed by atoms with E-state index in [1.807, 2.05) is 0 Å². The van der Waals surface area contributed by atoms with Crippen molar-refractivity contribution in [2.24, 2.45) is 11.3 Å². The monoisotopic (exact) mass is 176 g/mol. The molecular weight excluding hydrogens is 160 g/mol. The number of ether oxygens (including phenoxy) is 1. The van der Waals surface area contributed by atoms with Crippen LogP contribution in [0.2, 0.25) is 0 Å². The highest BCUT2D eigenvalue weighted by Crippen LogP contribution is 2.34. The van der Waals surface area contributed by atoms with E-state index in [4.69, 9.17) is 16.3 Å². The minimum absolute atomic E-state index is 0.297. The molecule has 1 aliphatic heterocycles. The van der Waals surface area contributed by atoms with Gasteiger partial charge < -0.3 is 4.74 Å². The maximum absolute atomic E-state index is 5.89. The van der Waals surface area contributed by atoms with Gasteiger partial charge in [0.25, 0.3) is 0 Å². The highest BCUT2D eigenvalue weighted by molar-refractivity contribution is 6.18. The van der Waals surface area contributed by atoms with Crippen LogP contribution in [0.15, 0.2) is 0 Å². The summed E-state index contributed by atoms with van der Waals surface area (Å²) in [4.78, 5) is 0. The molecule has 0 aromatic carbocycles. The lowest BCUT2D eigenvalue weighted by molar-refractivity contribution is 0.0297. The van der Waals surface area contributed by atoms with Crippen LogP contribution in [0.25, 0.3) is 0 Å². The second-order valence-corrected chi connectivity index (χ2v) is 4.28. The molecule has 1 fully saturated rings. The Bertz CT molecular complexity index is 117. The summed E-state index contributed by atoms with van der Waals surface area (Å²) in [7, 11) is 0. The van der Waals surface area contributed by atoms with E-state index in [9.17, 15) is 0 Å². The van der Waals surface area contributed by atoms with Gasteiger partial charge in [-0.05, 0) is 24.2 Å². The van der Waals surface area contributed by atoms with Crippen molar-refractivity contribution in [1.29, 1.82) is 0 Å². The van der Waals surface area contributed by atoms with Gasteiger partial charge in [0.2, 0.25) is 0 Å². The second-order valence-electron chi connectivity index (χ2n) is 4.01. The lowest BCUT2D eigenvalue weighted by Gasteiger charge is -2.35. The third-order valence-corrected chi connectivity index (χ3v) is 3.36. The fourth-order valence-electron chi connectivity index (χ4n) is 1.59. The molecule has 1 saturated heterocycles. The fourth-order valence-corrected chi connectivity index (χ4v) is 1.81. The summed E-state index contributed by atoms with van der Waals surface area (Å²) in [6.07, 6.45) is 2.36. The van der Waals surface area contributed by atoms with Gasteiger partial charge in [-0.2, -0.15) is 0 Å². The Morgan fingerprint density at radius 3 is 2.36 bits per heavy atom. The minimum atomic E-state index is 0.297. The van der Waals surface area contributed by atoms with Gasteiger partial charge in [0.15, 0.2) is 0 Å². The summed E-state index contributed by atoms with van der Waals surface area (Å²) in [5, 5.41) is 0. The van der Waals surface area contributed by atoms with Crippen LogP contribution in [-0.4, -0.2) is 19.1 Å². The van der Waals surface area contributed by atoms with Gasteiger partial charge in [-0.15, -0.1) is 11.6 Å². The Morgan fingerprint density at radius 2 is 1.91 bits per heavy atom. The van der Waals surface area contributed by atoms with Crippen LogP contribution in [-0.2, 0) is 4.74 Å². The van der Waals surface area contributed by atoms with Crippen molar-refractivity contribution in [2.75, 3.05) is 19.1 Å². The van der Waals surface area contributed by atoms with Crippen molar-refractivity contribution >= 4 is 11.6 Å². The number of hydrogen-bond donors (Lipinski definition) is 0. The van der Waals surface area contributed by atoms with Crippen LogP contribution in [0.4, 0.5) is 0 Å². The first kappa shape index (κ1) is 9.34. The zero-order valence-electron chi connectivity index (χ0n) is 7.40. The lowest BCUT2D eigenvalue weighted by atomic mass is 9.76. The first-order valence-electron chi connectivity index (χ1n) is 4.30. The predicted octanol–water partition coefficient (Wildman–Crippen LogP) is 2.68. The normalized spacial score (nSPS) is 22.1. The topological polar surface area (TPSA) is 9.23 Å². The molecule has 1 nitrogen and oxygen atoms in total. The summed E-state index contributed by atoms with van der Waals surface area (Å²) >= 11 is 5.89. The molecular formula is C9H17ClO. The Kier molecular flexibility index (Phi) is 3.20. The van der Waals surface area contributed by atoms with Gasteiger partial charge in [0, 0.05) is 19.1 Å². The van der Waals surface area contributed by atoms with E-state index in [2.05, 4.69) is 13.8 Å². The highest BCUT2D eigenvalue weighted by Gasteiger charge is 2.29.